The molecule has 1 aromatic rings. The summed E-state index contributed by atoms with van der Waals surface area (Å²) in [5, 5.41) is 0. The third-order valence-electron chi connectivity index (χ3n) is 4.50. The van der Waals surface area contributed by atoms with Crippen molar-refractivity contribution in [2.75, 3.05) is 25.9 Å². The van der Waals surface area contributed by atoms with Crippen molar-refractivity contribution in [3.8, 4) is 0 Å². The van der Waals surface area contributed by atoms with E-state index in [-0.39, 0.29) is 31.1 Å². The van der Waals surface area contributed by atoms with Crippen molar-refractivity contribution in [1.29, 1.82) is 0 Å². The topological polar surface area (TPSA) is 75.4 Å². The molecule has 10 heteroatoms. The summed E-state index contributed by atoms with van der Waals surface area (Å²) in [7, 11) is -3.34. The van der Waals surface area contributed by atoms with Gasteiger partial charge in [-0.25, -0.2) is 30.7 Å². The number of rotatable bonds is 8. The monoisotopic (exact) mass is 397 g/mol. The molecule has 1 saturated heterocycles. The molecule has 3 atom stereocenters. The molecule has 5 nitrogen and oxygen atoms in total. The van der Waals surface area contributed by atoms with E-state index in [0.29, 0.717) is 18.7 Å². The van der Waals surface area contributed by atoms with Gasteiger partial charge in [-0.05, 0) is 37.4 Å². The van der Waals surface area contributed by atoms with E-state index in [0.717, 1.165) is 19.1 Å². The number of alkyl halides is 1. The van der Waals surface area contributed by atoms with E-state index in [2.05, 4.69) is 4.72 Å². The molecule has 0 aromatic heterocycles. The standard InChI is InChI=1S/C16H23F4N3O2S/c1-26(24,25)22-8-11-3-2-4-23(11)9-15(20)16(21)6-10-5-13(18)14(19)7-12(10)17/h5,7,11,15-16,22H,2-4,6,8-9,21H2,1H3/t11?,15?,16-/m1/s1. The van der Waals surface area contributed by atoms with Gasteiger partial charge in [-0.2, -0.15) is 0 Å². The van der Waals surface area contributed by atoms with E-state index in [9.17, 15) is 26.0 Å². The molecule has 1 aromatic carbocycles. The van der Waals surface area contributed by atoms with Crippen LogP contribution in [0.3, 0.4) is 0 Å². The number of hydrogen-bond acceptors (Lipinski definition) is 4. The lowest BCUT2D eigenvalue weighted by Crippen LogP contribution is -2.46. The van der Waals surface area contributed by atoms with Crippen molar-refractivity contribution in [2.24, 2.45) is 5.73 Å². The van der Waals surface area contributed by atoms with Gasteiger partial charge in [-0.15, -0.1) is 0 Å². The first-order valence-electron chi connectivity index (χ1n) is 8.28. The third kappa shape index (κ3) is 5.90. The molecule has 0 saturated carbocycles. The molecule has 0 amide bonds. The van der Waals surface area contributed by atoms with Crippen molar-refractivity contribution in [3.63, 3.8) is 0 Å². The second kappa shape index (κ2) is 8.64. The second-order valence-electron chi connectivity index (χ2n) is 6.65. The van der Waals surface area contributed by atoms with Crippen molar-refractivity contribution in [1.82, 2.24) is 9.62 Å². The maximum absolute atomic E-state index is 14.5. The molecule has 1 heterocycles. The molecule has 0 aliphatic carbocycles. The predicted octanol–water partition coefficient (Wildman–Crippen LogP) is 1.33. The van der Waals surface area contributed by atoms with Gasteiger partial charge in [0.25, 0.3) is 0 Å². The van der Waals surface area contributed by atoms with E-state index in [1.165, 1.54) is 0 Å². The number of benzene rings is 1. The summed E-state index contributed by atoms with van der Waals surface area (Å²) in [6.07, 6.45) is 0.778. The van der Waals surface area contributed by atoms with Crippen LogP contribution >= 0.6 is 0 Å². The minimum absolute atomic E-state index is 0.0391. The highest BCUT2D eigenvalue weighted by Crippen LogP contribution is 2.20. The van der Waals surface area contributed by atoms with Gasteiger partial charge in [0.05, 0.1) is 6.26 Å². The Hall–Kier alpha value is -1.23. The summed E-state index contributed by atoms with van der Waals surface area (Å²) in [4.78, 5) is 1.80. The summed E-state index contributed by atoms with van der Waals surface area (Å²) in [6, 6.07) is -0.141. The number of sulfonamides is 1. The van der Waals surface area contributed by atoms with Crippen LogP contribution in [0.5, 0.6) is 0 Å². The van der Waals surface area contributed by atoms with Crippen LogP contribution in [0.4, 0.5) is 17.6 Å². The van der Waals surface area contributed by atoms with Gasteiger partial charge in [0.2, 0.25) is 10.0 Å². The summed E-state index contributed by atoms with van der Waals surface area (Å²) in [5.74, 6) is -3.49. The van der Waals surface area contributed by atoms with Gasteiger partial charge in [0.1, 0.15) is 12.0 Å². The SMILES string of the molecule is CS(=O)(=O)NCC1CCCN1CC(F)[C@H](N)Cc1cc(F)c(F)cc1F. The van der Waals surface area contributed by atoms with Crippen LogP contribution in [0.25, 0.3) is 0 Å². The largest absolute Gasteiger partial charge is 0.325 e. The first-order chi connectivity index (χ1) is 12.1. The highest BCUT2D eigenvalue weighted by molar-refractivity contribution is 7.88. The molecule has 1 fully saturated rings. The molecule has 2 rings (SSSR count). The average Bonchev–Trinajstić information content (AvgIpc) is 2.97. The predicted molar refractivity (Wildman–Crippen MR) is 90.3 cm³/mol. The second-order valence-corrected chi connectivity index (χ2v) is 8.49. The normalized spacial score (nSPS) is 21.1. The van der Waals surface area contributed by atoms with Crippen LogP contribution in [0.2, 0.25) is 0 Å². The molecular weight excluding hydrogens is 374 g/mol. The van der Waals surface area contributed by atoms with Gasteiger partial charge in [-0.1, -0.05) is 0 Å². The Morgan fingerprint density at radius 2 is 1.92 bits per heavy atom. The van der Waals surface area contributed by atoms with Crippen LogP contribution < -0.4 is 10.5 Å². The first-order valence-corrected chi connectivity index (χ1v) is 10.2. The van der Waals surface area contributed by atoms with Crippen LogP contribution in [0.1, 0.15) is 18.4 Å². The average molecular weight is 397 g/mol. The Labute approximate surface area is 150 Å². The number of likely N-dealkylation sites (tertiary alicyclic amines) is 1. The first kappa shape index (κ1) is 21.1. The highest BCUT2D eigenvalue weighted by Gasteiger charge is 2.30. The van der Waals surface area contributed by atoms with E-state index < -0.39 is 39.7 Å². The molecule has 0 bridgehead atoms. The summed E-state index contributed by atoms with van der Waals surface area (Å²) in [5.41, 5.74) is 5.59. The Balaban J connectivity index is 1.93. The van der Waals surface area contributed by atoms with Crippen molar-refractivity contribution in [2.45, 2.75) is 37.5 Å². The van der Waals surface area contributed by atoms with Crippen LogP contribution in [-0.4, -0.2) is 57.5 Å². The fourth-order valence-corrected chi connectivity index (χ4v) is 3.57. The fraction of sp³-hybridized carbons (Fsp3) is 0.625. The highest BCUT2D eigenvalue weighted by atomic mass is 32.2. The Bertz CT molecular complexity index is 732. The number of nitrogens with zero attached hydrogens (tertiary/aromatic N) is 1. The lowest BCUT2D eigenvalue weighted by atomic mass is 10.0. The molecule has 26 heavy (non-hydrogen) atoms. The fourth-order valence-electron chi connectivity index (χ4n) is 3.08. The maximum Gasteiger partial charge on any atom is 0.208 e. The lowest BCUT2D eigenvalue weighted by molar-refractivity contribution is 0.160. The zero-order valence-corrected chi connectivity index (χ0v) is 15.2. The molecule has 3 N–H and O–H groups in total. The number of nitrogens with one attached hydrogen (secondary N) is 1. The van der Waals surface area contributed by atoms with E-state index >= 15 is 0 Å². The molecule has 148 valence electrons. The smallest absolute Gasteiger partial charge is 0.208 e. The Kier molecular flexibility index (Phi) is 7.00. The Morgan fingerprint density at radius 3 is 2.58 bits per heavy atom. The third-order valence-corrected chi connectivity index (χ3v) is 5.19. The summed E-state index contributed by atoms with van der Waals surface area (Å²) >= 11 is 0. The van der Waals surface area contributed by atoms with Gasteiger partial charge in [0.15, 0.2) is 11.6 Å². The lowest BCUT2D eigenvalue weighted by Gasteiger charge is -2.28. The maximum atomic E-state index is 14.5. The van der Waals surface area contributed by atoms with Crippen molar-refractivity contribution in [3.05, 3.63) is 35.1 Å². The van der Waals surface area contributed by atoms with Crippen LogP contribution in [0, 0.1) is 17.5 Å². The summed E-state index contributed by atoms with van der Waals surface area (Å²) < 4.78 is 79.1. The molecular formula is C16H23F4N3O2S. The molecule has 0 radical (unpaired) electrons. The minimum atomic E-state index is -3.34. The number of halogens is 4. The molecule has 1 aliphatic heterocycles. The van der Waals surface area contributed by atoms with E-state index in [1.807, 2.05) is 0 Å². The minimum Gasteiger partial charge on any atom is -0.325 e. The molecule has 0 spiro atoms. The van der Waals surface area contributed by atoms with Crippen molar-refractivity contribution >= 4 is 10.0 Å². The van der Waals surface area contributed by atoms with Crippen LogP contribution in [0.15, 0.2) is 12.1 Å². The van der Waals surface area contributed by atoms with E-state index in [1.54, 1.807) is 4.90 Å². The number of hydrogen-bond donors (Lipinski definition) is 2. The van der Waals surface area contributed by atoms with Gasteiger partial charge < -0.3 is 5.73 Å². The molecule has 1 aliphatic rings. The van der Waals surface area contributed by atoms with Crippen LogP contribution in [-0.2, 0) is 16.4 Å². The van der Waals surface area contributed by atoms with Gasteiger partial charge >= 0.3 is 0 Å². The quantitative estimate of drug-likeness (QED) is 0.513. The van der Waals surface area contributed by atoms with Crippen molar-refractivity contribution < 1.29 is 26.0 Å². The zero-order chi connectivity index (χ0) is 19.5. The zero-order valence-electron chi connectivity index (χ0n) is 14.4. The van der Waals surface area contributed by atoms with Gasteiger partial charge in [0, 0.05) is 31.2 Å². The number of nitrogens with two attached hydrogens (primary N) is 1. The summed E-state index contributed by atoms with van der Waals surface area (Å²) in [6.45, 7) is 0.740. The Morgan fingerprint density at radius 1 is 1.27 bits per heavy atom. The molecule has 2 unspecified atom stereocenters. The van der Waals surface area contributed by atoms with E-state index in [4.69, 9.17) is 5.73 Å². The van der Waals surface area contributed by atoms with Gasteiger partial charge in [-0.3, -0.25) is 4.90 Å².